The molecule has 6 nitrogen and oxygen atoms in total. The first-order valence-electron chi connectivity index (χ1n) is 8.17. The smallest absolute Gasteiger partial charge is 0.337 e. The van der Waals surface area contributed by atoms with Crippen LogP contribution < -0.4 is 0 Å². The van der Waals surface area contributed by atoms with Crippen molar-refractivity contribution in [2.45, 2.75) is 12.8 Å². The van der Waals surface area contributed by atoms with Crippen molar-refractivity contribution in [2.24, 2.45) is 5.92 Å². The zero-order chi connectivity index (χ0) is 18.7. The quantitative estimate of drug-likeness (QED) is 0.893. The van der Waals surface area contributed by atoms with Gasteiger partial charge in [-0.3, -0.25) is 9.78 Å². The molecule has 0 aliphatic carbocycles. The molecule has 7 heteroatoms. The van der Waals surface area contributed by atoms with Crippen molar-refractivity contribution < 1.29 is 14.7 Å². The lowest BCUT2D eigenvalue weighted by Gasteiger charge is -2.29. The number of hydrogen-bond acceptors (Lipinski definition) is 4. The number of rotatable bonds is 3. The van der Waals surface area contributed by atoms with E-state index in [1.807, 2.05) is 0 Å². The summed E-state index contributed by atoms with van der Waals surface area (Å²) in [5, 5.41) is 18.3. The molecule has 2 aromatic rings. The molecule has 0 bridgehead atoms. The molecule has 1 aliphatic heterocycles. The van der Waals surface area contributed by atoms with Gasteiger partial charge in [-0.15, -0.1) is 0 Å². The molecule has 1 saturated heterocycles. The normalized spacial score (nSPS) is 16.8. The van der Waals surface area contributed by atoms with Crippen LogP contribution in [0.5, 0.6) is 0 Å². The summed E-state index contributed by atoms with van der Waals surface area (Å²) in [5.74, 6) is -1.30. The van der Waals surface area contributed by atoms with Gasteiger partial charge in [-0.2, -0.15) is 5.26 Å². The topological polar surface area (TPSA) is 94.3 Å². The first kappa shape index (κ1) is 17.9. The fraction of sp³-hybridized carbons (Fsp3) is 0.263. The van der Waals surface area contributed by atoms with Crippen LogP contribution in [0.3, 0.4) is 0 Å². The number of amides is 1. The van der Waals surface area contributed by atoms with Gasteiger partial charge in [0.15, 0.2) is 0 Å². The van der Waals surface area contributed by atoms with Crippen LogP contribution in [-0.4, -0.2) is 40.0 Å². The Kier molecular flexibility index (Phi) is 5.19. The number of carbonyl (C=O) groups is 2. The molecule has 1 amide bonds. The standard InChI is InChI=1S/C19H16ClN3O3/c20-16-8-15(19(25)26)10-22-17(16)13-3-5-14(6-4-13)18(24)23-7-1-2-12(9-21)11-23/h3-6,8,10,12H,1-2,7,11H2,(H,25,26)/t12-/m1/s1. The molecule has 0 saturated carbocycles. The first-order valence-corrected chi connectivity index (χ1v) is 8.55. The molecule has 3 rings (SSSR count). The number of carboxylic acid groups (broad SMARTS) is 1. The summed E-state index contributed by atoms with van der Waals surface area (Å²) in [5.41, 5.74) is 1.70. The first-order chi connectivity index (χ1) is 12.5. The van der Waals surface area contributed by atoms with Crippen LogP contribution in [0.1, 0.15) is 33.6 Å². The van der Waals surface area contributed by atoms with Gasteiger partial charge in [-0.05, 0) is 31.0 Å². The van der Waals surface area contributed by atoms with Crippen LogP contribution in [0.2, 0.25) is 5.02 Å². The van der Waals surface area contributed by atoms with Crippen LogP contribution in [0.25, 0.3) is 11.3 Å². The molecule has 1 aromatic carbocycles. The number of carbonyl (C=O) groups excluding carboxylic acids is 1. The Morgan fingerprint density at radius 3 is 2.62 bits per heavy atom. The highest BCUT2D eigenvalue weighted by atomic mass is 35.5. The Morgan fingerprint density at radius 1 is 1.27 bits per heavy atom. The van der Waals surface area contributed by atoms with Gasteiger partial charge in [0.25, 0.3) is 5.91 Å². The number of aromatic nitrogens is 1. The number of likely N-dealkylation sites (tertiary alicyclic amines) is 1. The minimum absolute atomic E-state index is 0.0164. The summed E-state index contributed by atoms with van der Waals surface area (Å²) >= 11 is 6.13. The second kappa shape index (κ2) is 7.54. The summed E-state index contributed by atoms with van der Waals surface area (Å²) in [4.78, 5) is 29.4. The van der Waals surface area contributed by atoms with Crippen molar-refractivity contribution in [1.29, 1.82) is 5.26 Å². The van der Waals surface area contributed by atoms with E-state index >= 15 is 0 Å². The van der Waals surface area contributed by atoms with Gasteiger partial charge in [0.2, 0.25) is 0 Å². The zero-order valence-corrected chi connectivity index (χ0v) is 14.6. The lowest BCUT2D eigenvalue weighted by Crippen LogP contribution is -2.39. The number of halogens is 1. The summed E-state index contributed by atoms with van der Waals surface area (Å²) < 4.78 is 0. The minimum atomic E-state index is -1.09. The summed E-state index contributed by atoms with van der Waals surface area (Å²) in [7, 11) is 0. The maximum absolute atomic E-state index is 12.6. The molecule has 0 unspecified atom stereocenters. The second-order valence-corrected chi connectivity index (χ2v) is 6.56. The van der Waals surface area contributed by atoms with Crippen molar-refractivity contribution in [1.82, 2.24) is 9.88 Å². The summed E-state index contributed by atoms with van der Waals surface area (Å²) in [6.45, 7) is 1.11. The fourth-order valence-corrected chi connectivity index (χ4v) is 3.26. The van der Waals surface area contributed by atoms with Crippen molar-refractivity contribution in [3.8, 4) is 17.3 Å². The van der Waals surface area contributed by atoms with E-state index in [0.29, 0.717) is 29.9 Å². The lowest BCUT2D eigenvalue weighted by atomic mass is 9.98. The molecular weight excluding hydrogens is 354 g/mol. The van der Waals surface area contributed by atoms with Crippen LogP contribution in [0.4, 0.5) is 0 Å². The number of hydrogen-bond donors (Lipinski definition) is 1. The second-order valence-electron chi connectivity index (χ2n) is 6.16. The van der Waals surface area contributed by atoms with Gasteiger partial charge < -0.3 is 10.0 Å². The highest BCUT2D eigenvalue weighted by Gasteiger charge is 2.24. The predicted octanol–water partition coefficient (Wildman–Crippen LogP) is 3.48. The van der Waals surface area contributed by atoms with Crippen molar-refractivity contribution >= 4 is 23.5 Å². The van der Waals surface area contributed by atoms with Gasteiger partial charge in [-0.25, -0.2) is 4.79 Å². The zero-order valence-electron chi connectivity index (χ0n) is 13.9. The van der Waals surface area contributed by atoms with Crippen LogP contribution in [0, 0.1) is 17.2 Å². The number of nitriles is 1. The van der Waals surface area contributed by atoms with Gasteiger partial charge in [-0.1, -0.05) is 23.7 Å². The Balaban J connectivity index is 1.79. The third-order valence-corrected chi connectivity index (χ3v) is 4.67. The third-order valence-electron chi connectivity index (χ3n) is 4.38. The van der Waals surface area contributed by atoms with E-state index < -0.39 is 5.97 Å². The van der Waals surface area contributed by atoms with Crippen molar-refractivity contribution in [3.05, 3.63) is 52.7 Å². The number of piperidine rings is 1. The van der Waals surface area contributed by atoms with Gasteiger partial charge in [0, 0.05) is 30.4 Å². The summed E-state index contributed by atoms with van der Waals surface area (Å²) in [6.07, 6.45) is 2.91. The van der Waals surface area contributed by atoms with E-state index in [4.69, 9.17) is 22.0 Å². The highest BCUT2D eigenvalue weighted by molar-refractivity contribution is 6.33. The summed E-state index contributed by atoms with van der Waals surface area (Å²) in [6, 6.07) is 10.4. The number of carboxylic acids is 1. The Morgan fingerprint density at radius 2 is 2.00 bits per heavy atom. The SMILES string of the molecule is N#C[C@H]1CCCN(C(=O)c2ccc(-c3ncc(C(=O)O)cc3Cl)cc2)C1. The van der Waals surface area contributed by atoms with E-state index in [1.165, 1.54) is 12.3 Å². The molecular formula is C19H16ClN3O3. The molecule has 132 valence electrons. The Hall–Kier alpha value is -2.91. The number of pyridine rings is 1. The van der Waals surface area contributed by atoms with Gasteiger partial charge in [0.1, 0.15) is 0 Å². The lowest BCUT2D eigenvalue weighted by molar-refractivity contribution is 0.0688. The van der Waals surface area contributed by atoms with E-state index in [1.54, 1.807) is 29.2 Å². The van der Waals surface area contributed by atoms with Crippen LogP contribution in [0.15, 0.2) is 36.5 Å². The molecule has 0 radical (unpaired) electrons. The van der Waals surface area contributed by atoms with Gasteiger partial charge >= 0.3 is 5.97 Å². The van der Waals surface area contributed by atoms with E-state index in [0.717, 1.165) is 12.8 Å². The molecule has 26 heavy (non-hydrogen) atoms. The molecule has 1 aliphatic rings. The monoisotopic (exact) mass is 369 g/mol. The van der Waals surface area contributed by atoms with Crippen molar-refractivity contribution in [3.63, 3.8) is 0 Å². The average molecular weight is 370 g/mol. The molecule has 1 fully saturated rings. The van der Waals surface area contributed by atoms with Gasteiger partial charge in [0.05, 0.1) is 28.3 Å². The maximum atomic E-state index is 12.6. The average Bonchev–Trinajstić information content (AvgIpc) is 2.67. The van der Waals surface area contributed by atoms with Crippen molar-refractivity contribution in [2.75, 3.05) is 13.1 Å². The number of benzene rings is 1. The molecule has 1 aromatic heterocycles. The number of nitrogens with zero attached hydrogens (tertiary/aromatic N) is 3. The maximum Gasteiger partial charge on any atom is 0.337 e. The molecule has 1 atom stereocenters. The highest BCUT2D eigenvalue weighted by Crippen LogP contribution is 2.27. The van der Waals surface area contributed by atoms with E-state index in [-0.39, 0.29) is 22.4 Å². The predicted molar refractivity (Wildman–Crippen MR) is 95.9 cm³/mol. The third kappa shape index (κ3) is 3.68. The van der Waals surface area contributed by atoms with Crippen LogP contribution in [-0.2, 0) is 0 Å². The van der Waals surface area contributed by atoms with E-state index in [9.17, 15) is 9.59 Å². The number of aromatic carboxylic acids is 1. The molecule has 0 spiro atoms. The van der Waals surface area contributed by atoms with Crippen LogP contribution >= 0.6 is 11.6 Å². The molecule has 2 heterocycles. The molecule has 1 N–H and O–H groups in total. The minimum Gasteiger partial charge on any atom is -0.478 e. The Bertz CT molecular complexity index is 890. The van der Waals surface area contributed by atoms with E-state index in [2.05, 4.69) is 11.1 Å². The Labute approximate surface area is 155 Å². The largest absolute Gasteiger partial charge is 0.478 e. The fourth-order valence-electron chi connectivity index (χ4n) is 2.99.